The van der Waals surface area contributed by atoms with Crippen LogP contribution in [-0.4, -0.2) is 27.6 Å². The molecular weight excluding hydrogens is 206 g/mol. The zero-order valence-corrected chi connectivity index (χ0v) is 9.25. The van der Waals surface area contributed by atoms with Crippen LogP contribution in [0.25, 0.3) is 11.0 Å². The lowest BCUT2D eigenvalue weighted by atomic mass is 10.3. The number of ether oxygens (including phenoxy) is 1. The quantitative estimate of drug-likeness (QED) is 0.735. The second-order valence-electron chi connectivity index (χ2n) is 3.45. The Morgan fingerprint density at radius 1 is 1.50 bits per heavy atom. The number of benzene rings is 1. The van der Waals surface area contributed by atoms with Crippen molar-refractivity contribution < 1.29 is 9.53 Å². The topological polar surface area (TPSA) is 57.0 Å². The third-order valence-corrected chi connectivity index (χ3v) is 2.37. The molecule has 1 atom stereocenters. The summed E-state index contributed by atoms with van der Waals surface area (Å²) in [6, 6.07) is 7.06. The van der Waals surface area contributed by atoms with E-state index in [1.54, 1.807) is 18.5 Å². The van der Waals surface area contributed by atoms with E-state index in [9.17, 15) is 4.79 Å². The lowest BCUT2D eigenvalue weighted by Crippen LogP contribution is -2.20. The summed E-state index contributed by atoms with van der Waals surface area (Å²) >= 11 is 0. The molecule has 1 heterocycles. The SMILES string of the molecule is CCOC(=O)[C@@H](C)n1nnc2ccccc21. The molecule has 5 heteroatoms. The number of fused-ring (bicyclic) bond motifs is 1. The zero-order valence-electron chi connectivity index (χ0n) is 9.25. The highest BCUT2D eigenvalue weighted by atomic mass is 16.5. The zero-order chi connectivity index (χ0) is 11.5. The largest absolute Gasteiger partial charge is 0.464 e. The summed E-state index contributed by atoms with van der Waals surface area (Å²) in [5, 5.41) is 7.95. The molecule has 0 aliphatic heterocycles. The van der Waals surface area contributed by atoms with Crippen molar-refractivity contribution in [1.29, 1.82) is 0 Å². The summed E-state index contributed by atoms with van der Waals surface area (Å²) < 4.78 is 6.53. The van der Waals surface area contributed by atoms with Crippen LogP contribution in [0, 0.1) is 0 Å². The van der Waals surface area contributed by atoms with Gasteiger partial charge in [0, 0.05) is 0 Å². The van der Waals surface area contributed by atoms with Crippen molar-refractivity contribution in [1.82, 2.24) is 15.0 Å². The van der Waals surface area contributed by atoms with Gasteiger partial charge in [-0.05, 0) is 26.0 Å². The minimum absolute atomic E-state index is 0.293. The third-order valence-electron chi connectivity index (χ3n) is 2.37. The Morgan fingerprint density at radius 3 is 3.00 bits per heavy atom. The minimum atomic E-state index is -0.452. The van der Waals surface area contributed by atoms with E-state index >= 15 is 0 Å². The van der Waals surface area contributed by atoms with Crippen molar-refractivity contribution in [3.8, 4) is 0 Å². The molecule has 0 amide bonds. The lowest BCUT2D eigenvalue weighted by molar-refractivity contribution is -0.146. The van der Waals surface area contributed by atoms with Gasteiger partial charge in [-0.3, -0.25) is 0 Å². The van der Waals surface area contributed by atoms with Crippen molar-refractivity contribution >= 4 is 17.0 Å². The predicted octanol–water partition coefficient (Wildman–Crippen LogP) is 1.56. The average Bonchev–Trinajstić information content (AvgIpc) is 2.72. The first-order chi connectivity index (χ1) is 7.74. The van der Waals surface area contributed by atoms with Gasteiger partial charge in [0.15, 0.2) is 0 Å². The van der Waals surface area contributed by atoms with Crippen molar-refractivity contribution in [2.24, 2.45) is 0 Å². The third kappa shape index (κ3) is 1.76. The predicted molar refractivity (Wildman–Crippen MR) is 58.9 cm³/mol. The molecule has 0 saturated heterocycles. The van der Waals surface area contributed by atoms with E-state index in [2.05, 4.69) is 10.3 Å². The molecule has 0 aliphatic carbocycles. The molecule has 1 aromatic carbocycles. The summed E-state index contributed by atoms with van der Waals surface area (Å²) in [6.45, 7) is 3.90. The molecule has 0 saturated carbocycles. The van der Waals surface area contributed by atoms with Crippen LogP contribution >= 0.6 is 0 Å². The number of aromatic nitrogens is 3. The van der Waals surface area contributed by atoms with Gasteiger partial charge < -0.3 is 4.74 Å². The molecule has 0 bridgehead atoms. The Balaban J connectivity index is 2.36. The number of esters is 1. The first-order valence-corrected chi connectivity index (χ1v) is 5.20. The van der Waals surface area contributed by atoms with Crippen LogP contribution in [-0.2, 0) is 9.53 Å². The fourth-order valence-electron chi connectivity index (χ4n) is 1.54. The van der Waals surface area contributed by atoms with Gasteiger partial charge in [0.2, 0.25) is 0 Å². The molecule has 1 aromatic heterocycles. The molecule has 2 aromatic rings. The van der Waals surface area contributed by atoms with E-state index < -0.39 is 6.04 Å². The maximum Gasteiger partial charge on any atom is 0.330 e. The van der Waals surface area contributed by atoms with Crippen LogP contribution in [0.15, 0.2) is 24.3 Å². The normalized spacial score (nSPS) is 12.6. The Morgan fingerprint density at radius 2 is 2.25 bits per heavy atom. The molecule has 0 fully saturated rings. The number of carbonyl (C=O) groups is 1. The minimum Gasteiger partial charge on any atom is -0.464 e. The highest BCUT2D eigenvalue weighted by Gasteiger charge is 2.19. The summed E-state index contributed by atoms with van der Waals surface area (Å²) in [4.78, 5) is 11.6. The Labute approximate surface area is 93.0 Å². The first kappa shape index (κ1) is 10.6. The Bertz CT molecular complexity index is 507. The van der Waals surface area contributed by atoms with Gasteiger partial charge in [0.25, 0.3) is 0 Å². The second kappa shape index (κ2) is 4.30. The van der Waals surface area contributed by atoms with Gasteiger partial charge in [-0.2, -0.15) is 0 Å². The molecule has 5 nitrogen and oxygen atoms in total. The van der Waals surface area contributed by atoms with Gasteiger partial charge in [-0.1, -0.05) is 17.3 Å². The highest BCUT2D eigenvalue weighted by molar-refractivity contribution is 5.79. The van der Waals surface area contributed by atoms with Crippen molar-refractivity contribution in [3.05, 3.63) is 24.3 Å². The first-order valence-electron chi connectivity index (χ1n) is 5.20. The Kier molecular flexibility index (Phi) is 2.85. The van der Waals surface area contributed by atoms with Gasteiger partial charge in [-0.25, -0.2) is 9.48 Å². The van der Waals surface area contributed by atoms with Crippen molar-refractivity contribution in [2.75, 3.05) is 6.61 Å². The summed E-state index contributed by atoms with van der Waals surface area (Å²) in [5.41, 5.74) is 1.61. The monoisotopic (exact) mass is 219 g/mol. The fourth-order valence-corrected chi connectivity index (χ4v) is 1.54. The molecular formula is C11H13N3O2. The van der Waals surface area contributed by atoms with Crippen LogP contribution in [0.1, 0.15) is 19.9 Å². The van der Waals surface area contributed by atoms with E-state index in [4.69, 9.17) is 4.74 Å². The number of nitrogens with zero attached hydrogens (tertiary/aromatic N) is 3. The van der Waals surface area contributed by atoms with Gasteiger partial charge in [-0.15, -0.1) is 5.10 Å². The number of para-hydroxylation sites is 1. The lowest BCUT2D eigenvalue weighted by Gasteiger charge is -2.10. The van der Waals surface area contributed by atoms with E-state index in [0.717, 1.165) is 11.0 Å². The van der Waals surface area contributed by atoms with Crippen molar-refractivity contribution in [2.45, 2.75) is 19.9 Å². The number of hydrogen-bond donors (Lipinski definition) is 0. The van der Waals surface area contributed by atoms with Gasteiger partial charge >= 0.3 is 5.97 Å². The van der Waals surface area contributed by atoms with Crippen LogP contribution < -0.4 is 0 Å². The molecule has 0 spiro atoms. The van der Waals surface area contributed by atoms with Gasteiger partial charge in [0.05, 0.1) is 12.1 Å². The van der Waals surface area contributed by atoms with E-state index in [0.29, 0.717) is 6.61 Å². The van der Waals surface area contributed by atoms with Crippen molar-refractivity contribution in [3.63, 3.8) is 0 Å². The number of hydrogen-bond acceptors (Lipinski definition) is 4. The maximum absolute atomic E-state index is 11.6. The molecule has 0 radical (unpaired) electrons. The van der Waals surface area contributed by atoms with E-state index in [1.807, 2.05) is 24.3 Å². The summed E-state index contributed by atoms with van der Waals surface area (Å²) in [7, 11) is 0. The maximum atomic E-state index is 11.6. The number of carbonyl (C=O) groups excluding carboxylic acids is 1. The molecule has 0 unspecified atom stereocenters. The van der Waals surface area contributed by atoms with Gasteiger partial charge in [0.1, 0.15) is 11.6 Å². The van der Waals surface area contributed by atoms with Crippen LogP contribution in [0.3, 0.4) is 0 Å². The molecule has 0 N–H and O–H groups in total. The summed E-state index contributed by atoms with van der Waals surface area (Å²) in [6.07, 6.45) is 0. The van der Waals surface area contributed by atoms with Crippen LogP contribution in [0.2, 0.25) is 0 Å². The smallest absolute Gasteiger partial charge is 0.330 e. The second-order valence-corrected chi connectivity index (χ2v) is 3.45. The molecule has 84 valence electrons. The molecule has 2 rings (SSSR count). The Hall–Kier alpha value is -1.91. The van der Waals surface area contributed by atoms with Crippen LogP contribution in [0.5, 0.6) is 0 Å². The fraction of sp³-hybridized carbons (Fsp3) is 0.364. The standard InChI is InChI=1S/C11H13N3O2/c1-3-16-11(15)8(2)14-10-7-5-4-6-9(10)12-13-14/h4-8H,3H2,1-2H3/t8-/m1/s1. The highest BCUT2D eigenvalue weighted by Crippen LogP contribution is 2.15. The van der Waals surface area contributed by atoms with E-state index in [-0.39, 0.29) is 5.97 Å². The number of rotatable bonds is 3. The average molecular weight is 219 g/mol. The van der Waals surface area contributed by atoms with E-state index in [1.165, 1.54) is 0 Å². The van der Waals surface area contributed by atoms with Crippen LogP contribution in [0.4, 0.5) is 0 Å². The summed E-state index contributed by atoms with van der Waals surface area (Å²) in [5.74, 6) is -0.293. The molecule has 16 heavy (non-hydrogen) atoms. The molecule has 0 aliphatic rings.